The zero-order valence-corrected chi connectivity index (χ0v) is 14.1. The fraction of sp³-hybridized carbons (Fsp3) is 0.750. The summed E-state index contributed by atoms with van der Waals surface area (Å²) < 4.78 is 0. The predicted molar refractivity (Wildman–Crippen MR) is 83.7 cm³/mol. The molecule has 2 unspecified atom stereocenters. The Morgan fingerprint density at radius 2 is 0.958 bits per heavy atom. The van der Waals surface area contributed by atoms with Crippen LogP contribution in [-0.4, -0.2) is 44.3 Å². The molecule has 0 heterocycles. The van der Waals surface area contributed by atoms with Crippen molar-refractivity contribution >= 4 is 23.9 Å². The zero-order chi connectivity index (χ0) is 19.0. The van der Waals surface area contributed by atoms with Gasteiger partial charge in [-0.3, -0.25) is 19.2 Å². The van der Waals surface area contributed by atoms with Crippen molar-refractivity contribution in [1.82, 2.24) is 0 Å². The molecule has 0 bridgehead atoms. The van der Waals surface area contributed by atoms with E-state index >= 15 is 0 Å². The van der Waals surface area contributed by atoms with Crippen LogP contribution in [0.3, 0.4) is 0 Å². The van der Waals surface area contributed by atoms with Gasteiger partial charge >= 0.3 is 23.9 Å². The Morgan fingerprint density at radius 3 is 1.12 bits per heavy atom. The lowest BCUT2D eigenvalue weighted by molar-refractivity contribution is -0.184. The Hall–Kier alpha value is -2.12. The summed E-state index contributed by atoms with van der Waals surface area (Å²) in [6, 6.07) is 0. The monoisotopic (exact) mass is 346 g/mol. The number of rotatable bonds is 13. The Bertz CT molecular complexity index is 442. The fourth-order valence-corrected chi connectivity index (χ4v) is 3.24. The van der Waals surface area contributed by atoms with E-state index in [4.69, 9.17) is 0 Å². The van der Waals surface area contributed by atoms with Crippen LogP contribution in [0.1, 0.15) is 65.2 Å². The van der Waals surface area contributed by atoms with Crippen molar-refractivity contribution in [2.45, 2.75) is 65.2 Å². The molecule has 138 valence electrons. The van der Waals surface area contributed by atoms with E-state index in [9.17, 15) is 39.6 Å². The van der Waals surface area contributed by atoms with E-state index in [0.717, 1.165) is 0 Å². The van der Waals surface area contributed by atoms with Gasteiger partial charge in [0.2, 0.25) is 0 Å². The Kier molecular flexibility index (Phi) is 8.43. The van der Waals surface area contributed by atoms with Crippen LogP contribution in [0.15, 0.2) is 0 Å². The van der Waals surface area contributed by atoms with Gasteiger partial charge in [0.25, 0.3) is 0 Å². The number of carbonyl (C=O) groups is 4. The van der Waals surface area contributed by atoms with Gasteiger partial charge in [-0.1, -0.05) is 39.5 Å². The van der Waals surface area contributed by atoms with Gasteiger partial charge in [-0.2, -0.15) is 0 Å². The number of aliphatic carboxylic acids is 4. The molecule has 0 rings (SSSR count). The van der Waals surface area contributed by atoms with Crippen molar-refractivity contribution in [3.63, 3.8) is 0 Å². The summed E-state index contributed by atoms with van der Waals surface area (Å²) >= 11 is 0. The quantitative estimate of drug-likeness (QED) is 0.397. The molecule has 8 nitrogen and oxygen atoms in total. The lowest BCUT2D eigenvalue weighted by atomic mass is 9.55. The molecular weight excluding hydrogens is 320 g/mol. The van der Waals surface area contributed by atoms with Crippen molar-refractivity contribution < 1.29 is 39.6 Å². The van der Waals surface area contributed by atoms with Gasteiger partial charge in [0.05, 0.1) is 23.7 Å². The summed E-state index contributed by atoms with van der Waals surface area (Å²) in [5, 5.41) is 37.9. The van der Waals surface area contributed by atoms with Gasteiger partial charge in [-0.25, -0.2) is 0 Å². The molecule has 0 aromatic heterocycles. The van der Waals surface area contributed by atoms with E-state index in [2.05, 4.69) is 0 Å². The van der Waals surface area contributed by atoms with Crippen LogP contribution in [0, 0.1) is 10.8 Å². The second kappa shape index (κ2) is 9.24. The number of hydrogen-bond donors (Lipinski definition) is 4. The van der Waals surface area contributed by atoms with Crippen molar-refractivity contribution in [2.24, 2.45) is 10.8 Å². The molecule has 0 aliphatic rings. The second-order valence-electron chi connectivity index (χ2n) is 6.12. The van der Waals surface area contributed by atoms with Crippen LogP contribution in [-0.2, 0) is 19.2 Å². The third kappa shape index (κ3) is 4.69. The first-order chi connectivity index (χ1) is 11.1. The maximum atomic E-state index is 12.0. The number of unbranched alkanes of at least 4 members (excludes halogenated alkanes) is 2. The maximum absolute atomic E-state index is 12.0. The normalized spacial score (nSPS) is 15.9. The molecule has 0 aliphatic heterocycles. The highest BCUT2D eigenvalue weighted by Crippen LogP contribution is 2.52. The third-order valence-electron chi connectivity index (χ3n) is 4.56. The predicted octanol–water partition coefficient (Wildman–Crippen LogP) is 2.46. The topological polar surface area (TPSA) is 149 Å². The van der Waals surface area contributed by atoms with E-state index in [1.165, 1.54) is 0 Å². The van der Waals surface area contributed by atoms with Crippen molar-refractivity contribution in [1.29, 1.82) is 0 Å². The van der Waals surface area contributed by atoms with Gasteiger partial charge in [-0.05, 0) is 12.8 Å². The molecule has 0 aliphatic carbocycles. The molecule has 2 atom stereocenters. The summed E-state index contributed by atoms with van der Waals surface area (Å²) in [6.07, 6.45) is -0.600. The molecular formula is C16H26O8. The molecule has 0 saturated carbocycles. The molecule has 8 heteroatoms. The average molecular weight is 346 g/mol. The van der Waals surface area contributed by atoms with Crippen LogP contribution in [0.25, 0.3) is 0 Å². The van der Waals surface area contributed by atoms with Gasteiger partial charge in [0, 0.05) is 0 Å². The van der Waals surface area contributed by atoms with E-state index < -0.39 is 47.5 Å². The largest absolute Gasteiger partial charge is 0.481 e. The lowest BCUT2D eigenvalue weighted by Crippen LogP contribution is -2.54. The highest BCUT2D eigenvalue weighted by atomic mass is 16.4. The second-order valence-corrected chi connectivity index (χ2v) is 6.12. The van der Waals surface area contributed by atoms with Gasteiger partial charge < -0.3 is 20.4 Å². The van der Waals surface area contributed by atoms with Gasteiger partial charge in [-0.15, -0.1) is 0 Å². The molecule has 0 spiro atoms. The summed E-state index contributed by atoms with van der Waals surface area (Å²) in [7, 11) is 0. The van der Waals surface area contributed by atoms with E-state index in [1.807, 2.05) is 0 Å². The third-order valence-corrected chi connectivity index (χ3v) is 4.56. The molecule has 0 fully saturated rings. The van der Waals surface area contributed by atoms with Crippen LogP contribution >= 0.6 is 0 Å². The minimum atomic E-state index is -2.17. The smallest absolute Gasteiger partial charge is 0.311 e. The molecule has 0 saturated heterocycles. The lowest BCUT2D eigenvalue weighted by Gasteiger charge is -2.44. The average Bonchev–Trinajstić information content (AvgIpc) is 2.46. The summed E-state index contributed by atoms with van der Waals surface area (Å²) in [6.45, 7) is 3.53. The molecule has 24 heavy (non-hydrogen) atoms. The van der Waals surface area contributed by atoms with E-state index in [1.54, 1.807) is 13.8 Å². The number of hydrogen-bond acceptors (Lipinski definition) is 4. The highest BCUT2D eigenvalue weighted by Gasteiger charge is 2.62. The van der Waals surface area contributed by atoms with Crippen molar-refractivity contribution in [2.75, 3.05) is 0 Å². The van der Waals surface area contributed by atoms with Gasteiger partial charge in [0.15, 0.2) is 0 Å². The summed E-state index contributed by atoms with van der Waals surface area (Å²) in [5.74, 6) is -6.06. The maximum Gasteiger partial charge on any atom is 0.311 e. The molecule has 4 N–H and O–H groups in total. The number of carboxylic acid groups (broad SMARTS) is 4. The Morgan fingerprint density at radius 1 is 0.667 bits per heavy atom. The zero-order valence-electron chi connectivity index (χ0n) is 14.1. The first kappa shape index (κ1) is 21.9. The van der Waals surface area contributed by atoms with Crippen molar-refractivity contribution in [3.8, 4) is 0 Å². The minimum Gasteiger partial charge on any atom is -0.481 e. The molecule has 0 aromatic rings. The van der Waals surface area contributed by atoms with Crippen LogP contribution in [0.5, 0.6) is 0 Å². The van der Waals surface area contributed by atoms with E-state index in [0.29, 0.717) is 25.7 Å². The fourth-order valence-electron chi connectivity index (χ4n) is 3.24. The Balaban J connectivity index is 6.46. The first-order valence-corrected chi connectivity index (χ1v) is 8.00. The number of carboxylic acids is 4. The van der Waals surface area contributed by atoms with E-state index in [-0.39, 0.29) is 12.8 Å². The SMILES string of the molecule is CCCCC(CC(=O)O)(C(=O)O)C(CCCC)(CC(=O)O)C(=O)O. The van der Waals surface area contributed by atoms with Crippen molar-refractivity contribution in [3.05, 3.63) is 0 Å². The summed E-state index contributed by atoms with van der Waals surface area (Å²) in [5.41, 5.74) is -4.34. The minimum absolute atomic E-state index is 0.200. The van der Waals surface area contributed by atoms with Crippen LogP contribution in [0.4, 0.5) is 0 Å². The molecule has 0 amide bonds. The van der Waals surface area contributed by atoms with Gasteiger partial charge in [0.1, 0.15) is 0 Å². The standard InChI is InChI=1S/C16H26O8/c1-3-5-7-15(13(21)22,9-11(17)18)16(14(23)24,8-6-4-2)10-12(19)20/h3-10H2,1-2H3,(H,17,18)(H,19,20)(H,21,22)(H,23,24). The molecule has 0 radical (unpaired) electrons. The summed E-state index contributed by atoms with van der Waals surface area (Å²) in [4.78, 5) is 46.7. The first-order valence-electron chi connectivity index (χ1n) is 8.00. The highest BCUT2D eigenvalue weighted by molar-refractivity contribution is 5.92. The van der Waals surface area contributed by atoms with Crippen LogP contribution < -0.4 is 0 Å². The van der Waals surface area contributed by atoms with Crippen LogP contribution in [0.2, 0.25) is 0 Å². The Labute approximate surface area is 140 Å². The molecule has 0 aromatic carbocycles.